The highest BCUT2D eigenvalue weighted by atomic mass is 15.0. The van der Waals surface area contributed by atoms with E-state index in [1.165, 1.54) is 0 Å². The van der Waals surface area contributed by atoms with Gasteiger partial charge in [0.2, 0.25) is 0 Å². The molecule has 0 aliphatic rings. The summed E-state index contributed by atoms with van der Waals surface area (Å²) in [5.41, 5.74) is 1.45. The van der Waals surface area contributed by atoms with Crippen molar-refractivity contribution >= 4 is 5.82 Å². The predicted octanol–water partition coefficient (Wildman–Crippen LogP) is 2.66. The molecule has 0 unspecified atom stereocenters. The average molecular weight is 257 g/mol. The van der Waals surface area contributed by atoms with Gasteiger partial charge in [0.1, 0.15) is 17.3 Å². The van der Waals surface area contributed by atoms with Crippen LogP contribution < -0.4 is 5.32 Å². The first kappa shape index (κ1) is 13.4. The molecule has 2 rings (SSSR count). The highest BCUT2D eigenvalue weighted by Gasteiger charge is 2.19. The van der Waals surface area contributed by atoms with Crippen molar-refractivity contribution in [3.05, 3.63) is 30.5 Å². The van der Waals surface area contributed by atoms with Crippen molar-refractivity contribution < 1.29 is 0 Å². The molecule has 0 bridgehead atoms. The Morgan fingerprint density at radius 1 is 1.11 bits per heavy atom. The minimum atomic E-state index is -0.109. The topological polar surface area (TPSA) is 63.6 Å². The highest BCUT2D eigenvalue weighted by Crippen LogP contribution is 2.24. The van der Waals surface area contributed by atoms with Crippen LogP contribution in [0.25, 0.3) is 11.4 Å². The molecule has 5 heteroatoms. The van der Waals surface area contributed by atoms with Crippen LogP contribution in [-0.2, 0) is 5.41 Å². The Hall–Kier alpha value is -2.04. The molecule has 0 aliphatic carbocycles. The zero-order chi connectivity index (χ0) is 13.9. The van der Waals surface area contributed by atoms with Crippen LogP contribution >= 0.6 is 0 Å². The van der Waals surface area contributed by atoms with Crippen molar-refractivity contribution in [2.75, 3.05) is 11.9 Å². The maximum absolute atomic E-state index is 4.60. The van der Waals surface area contributed by atoms with E-state index in [2.05, 4.69) is 46.0 Å². The first-order valence-corrected chi connectivity index (χ1v) is 6.40. The van der Waals surface area contributed by atoms with Gasteiger partial charge < -0.3 is 5.32 Å². The number of rotatable bonds is 3. The van der Waals surface area contributed by atoms with Crippen LogP contribution in [0.5, 0.6) is 0 Å². The third-order valence-electron chi connectivity index (χ3n) is 2.58. The lowest BCUT2D eigenvalue weighted by atomic mass is 9.95. The summed E-state index contributed by atoms with van der Waals surface area (Å²) in [6.07, 6.45) is 5.03. The van der Waals surface area contributed by atoms with Gasteiger partial charge in [-0.2, -0.15) is 0 Å². The van der Waals surface area contributed by atoms with Crippen LogP contribution in [0.2, 0.25) is 0 Å². The van der Waals surface area contributed by atoms with E-state index < -0.39 is 0 Å². The van der Waals surface area contributed by atoms with Crippen molar-refractivity contribution in [1.82, 2.24) is 19.9 Å². The van der Waals surface area contributed by atoms with Crippen LogP contribution in [0, 0.1) is 0 Å². The number of hydrogen-bond acceptors (Lipinski definition) is 5. The molecule has 0 amide bonds. The zero-order valence-electron chi connectivity index (χ0n) is 11.8. The molecule has 0 atom stereocenters. The second-order valence-corrected chi connectivity index (χ2v) is 5.33. The highest BCUT2D eigenvalue weighted by molar-refractivity contribution is 5.57. The smallest absolute Gasteiger partial charge is 0.136 e. The summed E-state index contributed by atoms with van der Waals surface area (Å²) >= 11 is 0. The quantitative estimate of drug-likeness (QED) is 0.915. The summed E-state index contributed by atoms with van der Waals surface area (Å²) in [6.45, 7) is 9.15. The zero-order valence-corrected chi connectivity index (χ0v) is 11.8. The van der Waals surface area contributed by atoms with E-state index in [0.29, 0.717) is 0 Å². The monoisotopic (exact) mass is 257 g/mol. The number of nitrogens with zero attached hydrogens (tertiary/aromatic N) is 4. The summed E-state index contributed by atoms with van der Waals surface area (Å²) < 4.78 is 0. The summed E-state index contributed by atoms with van der Waals surface area (Å²) in [5, 5.41) is 3.23. The lowest BCUT2D eigenvalue weighted by molar-refractivity contribution is 0.546. The molecule has 19 heavy (non-hydrogen) atoms. The Balaban J connectivity index is 2.52. The lowest BCUT2D eigenvalue weighted by Crippen LogP contribution is -2.18. The largest absolute Gasteiger partial charge is 0.370 e. The molecular weight excluding hydrogens is 238 g/mol. The van der Waals surface area contributed by atoms with Gasteiger partial charge in [0.05, 0.1) is 11.9 Å². The molecule has 0 saturated heterocycles. The molecule has 0 saturated carbocycles. The first-order valence-electron chi connectivity index (χ1n) is 6.40. The van der Waals surface area contributed by atoms with Gasteiger partial charge in [-0.05, 0) is 6.92 Å². The fourth-order valence-corrected chi connectivity index (χ4v) is 1.62. The van der Waals surface area contributed by atoms with Gasteiger partial charge >= 0.3 is 0 Å². The maximum Gasteiger partial charge on any atom is 0.136 e. The van der Waals surface area contributed by atoms with E-state index in [9.17, 15) is 0 Å². The third kappa shape index (κ3) is 3.24. The fraction of sp³-hybridized carbons (Fsp3) is 0.429. The molecule has 5 nitrogen and oxygen atoms in total. The summed E-state index contributed by atoms with van der Waals surface area (Å²) in [6, 6.07) is 1.91. The fourth-order valence-electron chi connectivity index (χ4n) is 1.62. The van der Waals surface area contributed by atoms with E-state index in [0.717, 1.165) is 29.6 Å². The number of anilines is 1. The van der Waals surface area contributed by atoms with Gasteiger partial charge in [-0.1, -0.05) is 20.8 Å². The van der Waals surface area contributed by atoms with Gasteiger partial charge in [0.15, 0.2) is 0 Å². The molecule has 0 aromatic carbocycles. The van der Waals surface area contributed by atoms with E-state index in [1.54, 1.807) is 18.6 Å². The molecular formula is C14H19N5. The Morgan fingerprint density at radius 2 is 1.89 bits per heavy atom. The number of aromatic nitrogens is 4. The van der Waals surface area contributed by atoms with E-state index in [4.69, 9.17) is 0 Å². The van der Waals surface area contributed by atoms with Gasteiger partial charge in [-0.15, -0.1) is 0 Å². The van der Waals surface area contributed by atoms with Crippen LogP contribution in [0.15, 0.2) is 24.7 Å². The van der Waals surface area contributed by atoms with Crippen molar-refractivity contribution in [2.45, 2.75) is 33.1 Å². The first-order chi connectivity index (χ1) is 9.00. The van der Waals surface area contributed by atoms with Gasteiger partial charge in [-0.3, -0.25) is 9.97 Å². The van der Waals surface area contributed by atoms with E-state index in [1.807, 2.05) is 13.0 Å². The van der Waals surface area contributed by atoms with Gasteiger partial charge in [0, 0.05) is 30.4 Å². The maximum atomic E-state index is 4.60. The summed E-state index contributed by atoms with van der Waals surface area (Å²) in [7, 11) is 0. The standard InChI is InChI=1S/C14H19N5/c1-5-16-12-8-10(11-9-15-6-7-17-11)18-13(19-12)14(2,3)4/h6-9H,5H2,1-4H3,(H,16,18,19). The molecule has 0 fully saturated rings. The second kappa shape index (κ2) is 5.30. The molecule has 1 N–H and O–H groups in total. The van der Waals surface area contributed by atoms with Crippen LogP contribution in [-0.4, -0.2) is 26.5 Å². The predicted molar refractivity (Wildman–Crippen MR) is 75.9 cm³/mol. The molecule has 0 spiro atoms. The van der Waals surface area contributed by atoms with Crippen molar-refractivity contribution in [3.8, 4) is 11.4 Å². The Labute approximate surface area is 113 Å². The number of nitrogens with one attached hydrogen (secondary N) is 1. The lowest BCUT2D eigenvalue weighted by Gasteiger charge is -2.18. The minimum Gasteiger partial charge on any atom is -0.370 e. The van der Waals surface area contributed by atoms with E-state index >= 15 is 0 Å². The molecule has 2 aromatic heterocycles. The molecule has 0 radical (unpaired) electrons. The second-order valence-electron chi connectivity index (χ2n) is 5.33. The Bertz CT molecular complexity index is 546. The van der Waals surface area contributed by atoms with Gasteiger partial charge in [-0.25, -0.2) is 9.97 Å². The number of hydrogen-bond donors (Lipinski definition) is 1. The van der Waals surface area contributed by atoms with Crippen LogP contribution in [0.3, 0.4) is 0 Å². The van der Waals surface area contributed by atoms with Crippen molar-refractivity contribution in [1.29, 1.82) is 0 Å². The summed E-state index contributed by atoms with van der Waals surface area (Å²) in [5.74, 6) is 1.62. The summed E-state index contributed by atoms with van der Waals surface area (Å²) in [4.78, 5) is 17.5. The molecule has 2 heterocycles. The minimum absolute atomic E-state index is 0.109. The molecule has 0 aliphatic heterocycles. The Kier molecular flexibility index (Phi) is 3.74. The SMILES string of the molecule is CCNc1cc(-c2cnccn2)nc(C(C)(C)C)n1. The normalized spacial score (nSPS) is 11.4. The van der Waals surface area contributed by atoms with E-state index in [-0.39, 0.29) is 5.41 Å². The average Bonchev–Trinajstić information content (AvgIpc) is 2.39. The van der Waals surface area contributed by atoms with Crippen LogP contribution in [0.1, 0.15) is 33.5 Å². The molecule has 100 valence electrons. The van der Waals surface area contributed by atoms with Crippen molar-refractivity contribution in [2.24, 2.45) is 0 Å². The van der Waals surface area contributed by atoms with Gasteiger partial charge in [0.25, 0.3) is 0 Å². The molecule has 2 aromatic rings. The van der Waals surface area contributed by atoms with Crippen LogP contribution in [0.4, 0.5) is 5.82 Å². The Morgan fingerprint density at radius 3 is 2.47 bits per heavy atom. The third-order valence-corrected chi connectivity index (χ3v) is 2.58. The van der Waals surface area contributed by atoms with Crippen molar-refractivity contribution in [3.63, 3.8) is 0 Å².